The number of phenolic OH excluding ortho intramolecular Hbond substituents is 1. The maximum atomic E-state index is 13.7. The number of benzene rings is 3. The molecule has 1 saturated heterocycles. The largest absolute Gasteiger partial charge is 0.507 e. The molecule has 1 N–H and O–H groups in total. The number of halogens is 1. The quantitative estimate of drug-likeness (QED) is 0.543. The van der Waals surface area contributed by atoms with Crippen molar-refractivity contribution in [1.29, 1.82) is 0 Å². The van der Waals surface area contributed by atoms with Crippen molar-refractivity contribution in [3.8, 4) is 11.5 Å². The third-order valence-corrected chi connectivity index (χ3v) is 4.34. The lowest BCUT2D eigenvalue weighted by atomic mass is 10.0. The number of hydrogen-bond donors (Lipinski definition) is 1. The summed E-state index contributed by atoms with van der Waals surface area (Å²) < 4.78 is 30.5. The lowest BCUT2D eigenvalue weighted by Crippen LogP contribution is -2.20. The molecule has 0 bridgehead atoms. The molecule has 2 unspecified atom stereocenters. The fourth-order valence-corrected chi connectivity index (χ4v) is 2.93. The highest BCUT2D eigenvalue weighted by atomic mass is 19.1. The minimum absolute atomic E-state index is 0.0626. The third kappa shape index (κ3) is 3.25. The van der Waals surface area contributed by atoms with Crippen molar-refractivity contribution in [2.45, 2.75) is 19.1 Å². The summed E-state index contributed by atoms with van der Waals surface area (Å²) in [6.07, 6.45) is 0.105. The van der Waals surface area contributed by atoms with Gasteiger partial charge in [-0.3, -0.25) is 0 Å². The van der Waals surface area contributed by atoms with Crippen LogP contribution in [0.3, 0.4) is 0 Å². The van der Waals surface area contributed by atoms with Gasteiger partial charge in [-0.1, -0.05) is 24.3 Å². The van der Waals surface area contributed by atoms with Crippen LogP contribution in [0.5, 0.6) is 11.5 Å². The van der Waals surface area contributed by atoms with Crippen molar-refractivity contribution in [3.05, 3.63) is 48.3 Å². The number of phenols is 1. The molecule has 0 aromatic heterocycles. The monoisotopic (exact) mass is 342 g/mol. The van der Waals surface area contributed by atoms with E-state index in [4.69, 9.17) is 14.2 Å². The standard InChI is InChI=1S/C20H19FO4/c1-12(23-10-14-11-24-14)9-25-20-16-5-3-2-4-15(16)19(22)18-8-13(21)6-7-17(18)20/h2-8,12,14,22H,9-11H2,1H3. The average molecular weight is 342 g/mol. The van der Waals surface area contributed by atoms with Crippen molar-refractivity contribution >= 4 is 21.5 Å². The summed E-state index contributed by atoms with van der Waals surface area (Å²) in [7, 11) is 0. The van der Waals surface area contributed by atoms with E-state index in [1.54, 1.807) is 12.1 Å². The van der Waals surface area contributed by atoms with Gasteiger partial charge in [-0.2, -0.15) is 0 Å². The first-order valence-corrected chi connectivity index (χ1v) is 8.32. The molecule has 2 atom stereocenters. The molecule has 1 aliphatic heterocycles. The van der Waals surface area contributed by atoms with Crippen molar-refractivity contribution in [1.82, 2.24) is 0 Å². The van der Waals surface area contributed by atoms with Crippen LogP contribution in [0.4, 0.5) is 4.39 Å². The van der Waals surface area contributed by atoms with Crippen LogP contribution in [0.25, 0.3) is 21.5 Å². The van der Waals surface area contributed by atoms with Gasteiger partial charge in [0.15, 0.2) is 0 Å². The molecule has 0 spiro atoms. The minimum Gasteiger partial charge on any atom is -0.507 e. The summed E-state index contributed by atoms with van der Waals surface area (Å²) in [4.78, 5) is 0. The number of rotatable bonds is 6. The zero-order chi connectivity index (χ0) is 17.4. The van der Waals surface area contributed by atoms with Crippen LogP contribution in [0.2, 0.25) is 0 Å². The van der Waals surface area contributed by atoms with Crippen LogP contribution in [-0.4, -0.2) is 37.1 Å². The Bertz CT molecular complexity index is 920. The first-order valence-electron chi connectivity index (χ1n) is 8.32. The second-order valence-corrected chi connectivity index (χ2v) is 6.32. The number of aromatic hydroxyl groups is 1. The Morgan fingerprint density at radius 2 is 1.88 bits per heavy atom. The smallest absolute Gasteiger partial charge is 0.135 e. The summed E-state index contributed by atoms with van der Waals surface area (Å²) >= 11 is 0. The predicted octanol–water partition coefficient (Wildman–Crippen LogP) is 4.02. The zero-order valence-electron chi connectivity index (χ0n) is 13.9. The summed E-state index contributed by atoms with van der Waals surface area (Å²) in [5, 5.41) is 13.1. The fraction of sp³-hybridized carbons (Fsp3) is 0.300. The molecular formula is C20H19FO4. The van der Waals surface area contributed by atoms with Gasteiger partial charge in [-0.15, -0.1) is 0 Å². The summed E-state index contributed by atoms with van der Waals surface area (Å²) in [6, 6.07) is 11.7. The second kappa shape index (κ2) is 6.50. The van der Waals surface area contributed by atoms with Gasteiger partial charge in [0, 0.05) is 21.5 Å². The Morgan fingerprint density at radius 3 is 2.64 bits per heavy atom. The van der Waals surface area contributed by atoms with Gasteiger partial charge in [0.2, 0.25) is 0 Å². The molecule has 4 nitrogen and oxygen atoms in total. The predicted molar refractivity (Wildman–Crippen MR) is 93.7 cm³/mol. The Kier molecular flexibility index (Phi) is 4.19. The maximum absolute atomic E-state index is 13.7. The fourth-order valence-electron chi connectivity index (χ4n) is 2.93. The number of ether oxygens (including phenoxy) is 3. The molecule has 1 aliphatic rings. The normalized spacial score (nSPS) is 17.8. The van der Waals surface area contributed by atoms with Gasteiger partial charge in [0.05, 0.1) is 19.3 Å². The Hall–Kier alpha value is -2.37. The molecular weight excluding hydrogens is 323 g/mol. The molecule has 1 heterocycles. The molecule has 5 heteroatoms. The van der Waals surface area contributed by atoms with Gasteiger partial charge >= 0.3 is 0 Å². The van der Waals surface area contributed by atoms with Crippen LogP contribution in [0.15, 0.2) is 42.5 Å². The average Bonchev–Trinajstić information content (AvgIpc) is 3.45. The van der Waals surface area contributed by atoms with E-state index in [1.165, 1.54) is 12.1 Å². The van der Waals surface area contributed by atoms with E-state index < -0.39 is 5.82 Å². The van der Waals surface area contributed by atoms with E-state index in [2.05, 4.69) is 0 Å². The Labute approximate surface area is 144 Å². The van der Waals surface area contributed by atoms with Gasteiger partial charge < -0.3 is 19.3 Å². The van der Waals surface area contributed by atoms with Crippen LogP contribution in [0.1, 0.15) is 6.92 Å². The highest BCUT2D eigenvalue weighted by Gasteiger charge is 2.23. The number of hydrogen-bond acceptors (Lipinski definition) is 4. The molecule has 0 amide bonds. The summed E-state index contributed by atoms with van der Waals surface area (Å²) in [5.74, 6) is 0.291. The lowest BCUT2D eigenvalue weighted by molar-refractivity contribution is 0.0248. The zero-order valence-corrected chi connectivity index (χ0v) is 13.9. The first kappa shape index (κ1) is 16.1. The molecule has 0 aliphatic carbocycles. The molecule has 1 fully saturated rings. The Balaban J connectivity index is 1.70. The molecule has 3 aromatic carbocycles. The van der Waals surface area contributed by atoms with Crippen LogP contribution >= 0.6 is 0 Å². The van der Waals surface area contributed by atoms with Gasteiger partial charge in [-0.25, -0.2) is 4.39 Å². The summed E-state index contributed by atoms with van der Waals surface area (Å²) in [6.45, 7) is 3.61. The number of fused-ring (bicyclic) bond motifs is 2. The summed E-state index contributed by atoms with van der Waals surface area (Å²) in [5.41, 5.74) is 0. The van der Waals surface area contributed by atoms with Gasteiger partial charge in [0.25, 0.3) is 0 Å². The molecule has 130 valence electrons. The second-order valence-electron chi connectivity index (χ2n) is 6.32. The van der Waals surface area contributed by atoms with Crippen molar-refractivity contribution < 1.29 is 23.7 Å². The third-order valence-electron chi connectivity index (χ3n) is 4.34. The van der Waals surface area contributed by atoms with Crippen LogP contribution in [-0.2, 0) is 9.47 Å². The van der Waals surface area contributed by atoms with E-state index >= 15 is 0 Å². The molecule has 4 rings (SSSR count). The topological polar surface area (TPSA) is 51.2 Å². The first-order chi connectivity index (χ1) is 12.1. The SMILES string of the molecule is CC(COc1c2ccccc2c(O)c2cc(F)ccc12)OCC1CO1. The maximum Gasteiger partial charge on any atom is 0.135 e. The van der Waals surface area contributed by atoms with Crippen molar-refractivity contribution in [2.75, 3.05) is 19.8 Å². The van der Waals surface area contributed by atoms with E-state index in [0.717, 1.165) is 12.0 Å². The van der Waals surface area contributed by atoms with E-state index in [-0.39, 0.29) is 18.0 Å². The Morgan fingerprint density at radius 1 is 1.16 bits per heavy atom. The molecule has 0 saturated carbocycles. The van der Waals surface area contributed by atoms with Crippen molar-refractivity contribution in [2.24, 2.45) is 0 Å². The van der Waals surface area contributed by atoms with Crippen LogP contribution in [0, 0.1) is 5.82 Å². The van der Waals surface area contributed by atoms with Crippen molar-refractivity contribution in [3.63, 3.8) is 0 Å². The van der Waals surface area contributed by atoms with E-state index in [0.29, 0.717) is 35.1 Å². The highest BCUT2D eigenvalue weighted by molar-refractivity contribution is 6.10. The lowest BCUT2D eigenvalue weighted by Gasteiger charge is -2.18. The number of epoxide rings is 1. The minimum atomic E-state index is -0.398. The van der Waals surface area contributed by atoms with Crippen LogP contribution < -0.4 is 4.74 Å². The highest BCUT2D eigenvalue weighted by Crippen LogP contribution is 2.42. The molecule has 0 radical (unpaired) electrons. The van der Waals surface area contributed by atoms with Gasteiger partial charge in [0.1, 0.15) is 30.0 Å². The van der Waals surface area contributed by atoms with Gasteiger partial charge in [-0.05, 0) is 25.1 Å². The molecule has 25 heavy (non-hydrogen) atoms. The molecule has 3 aromatic rings. The van der Waals surface area contributed by atoms with E-state index in [1.807, 2.05) is 25.1 Å². The van der Waals surface area contributed by atoms with E-state index in [9.17, 15) is 9.50 Å².